The lowest BCUT2D eigenvalue weighted by Gasteiger charge is -2.20. The summed E-state index contributed by atoms with van der Waals surface area (Å²) in [5, 5.41) is 8.79. The summed E-state index contributed by atoms with van der Waals surface area (Å²) in [6, 6.07) is 3.68. The average molecular weight is 347 g/mol. The maximum absolute atomic E-state index is 12.3. The number of carbonyl (C=O) groups is 2. The van der Waals surface area contributed by atoms with Crippen LogP contribution in [0.1, 0.15) is 16.1 Å². The van der Waals surface area contributed by atoms with Crippen molar-refractivity contribution < 1.29 is 14.7 Å². The predicted octanol–water partition coefficient (Wildman–Crippen LogP) is 1.74. The second-order valence-corrected chi connectivity index (χ2v) is 6.88. The first-order valence-electron chi connectivity index (χ1n) is 6.05. The summed E-state index contributed by atoms with van der Waals surface area (Å²) in [5.41, 5.74) is 0. The zero-order valence-corrected chi connectivity index (χ0v) is 12.7. The van der Waals surface area contributed by atoms with Gasteiger partial charge in [0.25, 0.3) is 5.91 Å². The molecule has 0 unspecified atom stereocenters. The standard InChI is InChI=1S/C12H15BrN2O3S/c13-10-3-2-9(19-10)12(18)15-5-1-4-14(6-7-15)8-11(16)17/h2-3H,1,4-8H2,(H,16,17). The van der Waals surface area contributed by atoms with Crippen molar-refractivity contribution in [2.45, 2.75) is 6.42 Å². The van der Waals surface area contributed by atoms with Gasteiger partial charge in [-0.25, -0.2) is 0 Å². The molecule has 1 amide bonds. The number of halogens is 1. The van der Waals surface area contributed by atoms with Gasteiger partial charge in [-0.05, 0) is 34.5 Å². The molecule has 1 fully saturated rings. The lowest BCUT2D eigenvalue weighted by molar-refractivity contribution is -0.138. The highest BCUT2D eigenvalue weighted by Crippen LogP contribution is 2.23. The molecule has 104 valence electrons. The van der Waals surface area contributed by atoms with Gasteiger partial charge in [0.2, 0.25) is 0 Å². The lowest BCUT2D eigenvalue weighted by Crippen LogP contribution is -2.36. The van der Waals surface area contributed by atoms with Crippen LogP contribution in [0.4, 0.5) is 0 Å². The number of thiophene rings is 1. The van der Waals surface area contributed by atoms with Gasteiger partial charge in [0.15, 0.2) is 0 Å². The van der Waals surface area contributed by atoms with E-state index in [1.54, 1.807) is 4.90 Å². The molecule has 1 aromatic heterocycles. The number of carbonyl (C=O) groups excluding carboxylic acids is 1. The van der Waals surface area contributed by atoms with Crippen LogP contribution in [0.5, 0.6) is 0 Å². The monoisotopic (exact) mass is 346 g/mol. The molecule has 19 heavy (non-hydrogen) atoms. The average Bonchev–Trinajstić information content (AvgIpc) is 2.65. The van der Waals surface area contributed by atoms with Gasteiger partial charge >= 0.3 is 5.97 Å². The molecule has 1 aliphatic rings. The van der Waals surface area contributed by atoms with Crippen LogP contribution < -0.4 is 0 Å². The van der Waals surface area contributed by atoms with Gasteiger partial charge in [0, 0.05) is 26.2 Å². The number of hydrogen-bond donors (Lipinski definition) is 1. The van der Waals surface area contributed by atoms with Crippen molar-refractivity contribution >= 4 is 39.1 Å². The molecule has 2 rings (SSSR count). The van der Waals surface area contributed by atoms with Crippen molar-refractivity contribution in [1.82, 2.24) is 9.80 Å². The Morgan fingerprint density at radius 1 is 1.26 bits per heavy atom. The molecule has 1 aliphatic heterocycles. The van der Waals surface area contributed by atoms with E-state index in [1.165, 1.54) is 11.3 Å². The highest BCUT2D eigenvalue weighted by Gasteiger charge is 2.22. The Bertz CT molecular complexity index is 477. The Hall–Kier alpha value is -0.920. The van der Waals surface area contributed by atoms with Gasteiger partial charge in [0.1, 0.15) is 0 Å². The normalized spacial score (nSPS) is 17.2. The lowest BCUT2D eigenvalue weighted by atomic mass is 10.3. The quantitative estimate of drug-likeness (QED) is 0.905. The van der Waals surface area contributed by atoms with E-state index in [2.05, 4.69) is 15.9 Å². The van der Waals surface area contributed by atoms with Crippen LogP contribution in [0.3, 0.4) is 0 Å². The van der Waals surface area contributed by atoms with E-state index in [9.17, 15) is 9.59 Å². The van der Waals surface area contributed by atoms with E-state index >= 15 is 0 Å². The molecule has 1 aromatic rings. The Morgan fingerprint density at radius 2 is 2.05 bits per heavy atom. The number of rotatable bonds is 3. The van der Waals surface area contributed by atoms with Crippen molar-refractivity contribution in [3.05, 3.63) is 20.8 Å². The summed E-state index contributed by atoms with van der Waals surface area (Å²) < 4.78 is 0.943. The van der Waals surface area contributed by atoms with Crippen LogP contribution in [0.2, 0.25) is 0 Å². The van der Waals surface area contributed by atoms with Crippen molar-refractivity contribution in [2.24, 2.45) is 0 Å². The number of amides is 1. The molecule has 1 saturated heterocycles. The molecule has 2 heterocycles. The van der Waals surface area contributed by atoms with E-state index in [1.807, 2.05) is 17.0 Å². The maximum Gasteiger partial charge on any atom is 0.317 e. The van der Waals surface area contributed by atoms with Gasteiger partial charge in [-0.1, -0.05) is 0 Å². The minimum atomic E-state index is -0.818. The summed E-state index contributed by atoms with van der Waals surface area (Å²) in [4.78, 5) is 27.4. The Morgan fingerprint density at radius 3 is 2.68 bits per heavy atom. The van der Waals surface area contributed by atoms with E-state index in [0.29, 0.717) is 19.6 Å². The molecule has 0 radical (unpaired) electrons. The molecule has 7 heteroatoms. The minimum Gasteiger partial charge on any atom is -0.480 e. The fraction of sp³-hybridized carbons (Fsp3) is 0.500. The van der Waals surface area contributed by atoms with Crippen molar-refractivity contribution in [1.29, 1.82) is 0 Å². The van der Waals surface area contributed by atoms with Crippen molar-refractivity contribution in [3.63, 3.8) is 0 Å². The molecule has 0 aromatic carbocycles. The van der Waals surface area contributed by atoms with Crippen molar-refractivity contribution in [3.8, 4) is 0 Å². The highest BCUT2D eigenvalue weighted by molar-refractivity contribution is 9.11. The largest absolute Gasteiger partial charge is 0.480 e. The minimum absolute atomic E-state index is 0.0351. The van der Waals surface area contributed by atoms with Crippen LogP contribution in [0, 0.1) is 0 Å². The first kappa shape index (κ1) is 14.5. The molecule has 0 spiro atoms. The summed E-state index contributed by atoms with van der Waals surface area (Å²) >= 11 is 4.78. The van der Waals surface area contributed by atoms with E-state index in [-0.39, 0.29) is 12.5 Å². The first-order chi connectivity index (χ1) is 9.06. The summed E-state index contributed by atoms with van der Waals surface area (Å²) in [5.74, 6) is -0.783. The van der Waals surface area contributed by atoms with Gasteiger partial charge in [-0.3, -0.25) is 14.5 Å². The number of carboxylic acid groups (broad SMARTS) is 1. The molecule has 0 bridgehead atoms. The number of aliphatic carboxylic acids is 1. The fourth-order valence-electron chi connectivity index (χ4n) is 2.11. The van der Waals surface area contributed by atoms with Crippen molar-refractivity contribution in [2.75, 3.05) is 32.7 Å². The van der Waals surface area contributed by atoms with Crippen LogP contribution in [-0.2, 0) is 4.79 Å². The van der Waals surface area contributed by atoms with Crippen LogP contribution in [-0.4, -0.2) is 59.5 Å². The number of nitrogens with zero attached hydrogens (tertiary/aromatic N) is 2. The fourth-order valence-corrected chi connectivity index (χ4v) is 3.46. The molecule has 0 atom stereocenters. The summed E-state index contributed by atoms with van der Waals surface area (Å²) in [6.07, 6.45) is 0.811. The predicted molar refractivity (Wildman–Crippen MR) is 76.6 cm³/mol. The summed E-state index contributed by atoms with van der Waals surface area (Å²) in [6.45, 7) is 2.66. The topological polar surface area (TPSA) is 60.9 Å². The van der Waals surface area contributed by atoms with Gasteiger partial charge < -0.3 is 10.0 Å². The Kier molecular flexibility index (Phi) is 4.95. The molecule has 0 saturated carbocycles. The molecule has 1 N–H and O–H groups in total. The smallest absolute Gasteiger partial charge is 0.317 e. The second kappa shape index (κ2) is 6.49. The third-order valence-corrected chi connectivity index (χ3v) is 4.63. The van der Waals surface area contributed by atoms with Crippen LogP contribution >= 0.6 is 27.3 Å². The van der Waals surface area contributed by atoms with E-state index < -0.39 is 5.97 Å². The van der Waals surface area contributed by atoms with Gasteiger partial charge in [0.05, 0.1) is 15.2 Å². The van der Waals surface area contributed by atoms with Gasteiger partial charge in [-0.2, -0.15) is 0 Å². The molecular weight excluding hydrogens is 332 g/mol. The third kappa shape index (κ3) is 4.02. The first-order valence-corrected chi connectivity index (χ1v) is 7.66. The molecule has 0 aliphatic carbocycles. The van der Waals surface area contributed by atoms with Gasteiger partial charge in [-0.15, -0.1) is 11.3 Å². The zero-order valence-electron chi connectivity index (χ0n) is 10.3. The highest BCUT2D eigenvalue weighted by atomic mass is 79.9. The maximum atomic E-state index is 12.3. The molecule has 5 nitrogen and oxygen atoms in total. The Labute approximate surface area is 123 Å². The molecular formula is C12H15BrN2O3S. The van der Waals surface area contributed by atoms with Crippen LogP contribution in [0.15, 0.2) is 15.9 Å². The van der Waals surface area contributed by atoms with E-state index in [0.717, 1.165) is 21.6 Å². The second-order valence-electron chi connectivity index (χ2n) is 4.42. The summed E-state index contributed by atoms with van der Waals surface area (Å²) in [7, 11) is 0. The SMILES string of the molecule is O=C(O)CN1CCCN(C(=O)c2ccc(Br)s2)CC1. The number of hydrogen-bond acceptors (Lipinski definition) is 4. The van der Waals surface area contributed by atoms with Crippen LogP contribution in [0.25, 0.3) is 0 Å². The Balaban J connectivity index is 1.95. The number of carboxylic acids is 1. The third-order valence-electron chi connectivity index (χ3n) is 3.02. The zero-order chi connectivity index (χ0) is 13.8. The van der Waals surface area contributed by atoms with E-state index in [4.69, 9.17) is 5.11 Å².